The third kappa shape index (κ3) is 4.39. The highest BCUT2D eigenvalue weighted by Gasteiger charge is 2.70. The molecule has 0 bridgehead atoms. The summed E-state index contributed by atoms with van der Waals surface area (Å²) >= 11 is 0. The standard InChI is InChI=1S/C37H52N2O4.CH3/c1-32(2)27-11-14-37(7)29(35(27,5)13-12-28(32)38-30(41)23-10-9-19-39(8)22-23)26(40)20-24-25-21-34(4,31(42)43)16-15-33(25,3)17-18-36(24,37)6;/h9-10,19-20,22,25,27-29H,11-18,21H2,1-8H3,(H-,38,41,42,43);1H3/q;-1/p+1/t25-,27-,28-,29+,33+,34-,35-,36+,37+;/m0./s1. The Morgan fingerprint density at radius 2 is 1.64 bits per heavy atom. The van der Waals surface area contributed by atoms with Gasteiger partial charge in [-0.2, -0.15) is 0 Å². The molecular formula is C38H56N2O4. The number of fused-ring (bicyclic) bond motifs is 7. The van der Waals surface area contributed by atoms with Gasteiger partial charge in [0.1, 0.15) is 12.6 Å². The number of aryl methyl sites for hydroxylation is 1. The number of rotatable bonds is 3. The molecule has 0 saturated heterocycles. The average molecular weight is 605 g/mol. The summed E-state index contributed by atoms with van der Waals surface area (Å²) in [6, 6.07) is 3.81. The van der Waals surface area contributed by atoms with Gasteiger partial charge in [0.25, 0.3) is 5.91 Å². The molecule has 5 aliphatic rings. The maximum atomic E-state index is 14.6. The van der Waals surface area contributed by atoms with Crippen LogP contribution in [0, 0.1) is 57.7 Å². The number of ketones is 1. The Hall–Kier alpha value is -2.50. The highest BCUT2D eigenvalue weighted by atomic mass is 16.4. The number of nitrogens with zero attached hydrogens (tertiary/aromatic N) is 1. The Morgan fingerprint density at radius 1 is 0.955 bits per heavy atom. The van der Waals surface area contributed by atoms with Crippen LogP contribution in [0.15, 0.2) is 36.2 Å². The normalized spacial score (nSPS) is 44.0. The van der Waals surface area contributed by atoms with Crippen molar-refractivity contribution in [2.24, 2.45) is 57.3 Å². The monoisotopic (exact) mass is 604 g/mol. The number of pyridine rings is 1. The van der Waals surface area contributed by atoms with E-state index in [1.165, 1.54) is 5.57 Å². The van der Waals surface area contributed by atoms with Crippen molar-refractivity contribution in [3.05, 3.63) is 49.2 Å². The summed E-state index contributed by atoms with van der Waals surface area (Å²) in [6.07, 6.45) is 14.0. The van der Waals surface area contributed by atoms with Crippen molar-refractivity contribution >= 4 is 17.7 Å². The molecule has 0 unspecified atom stereocenters. The zero-order valence-corrected chi connectivity index (χ0v) is 28.7. The van der Waals surface area contributed by atoms with E-state index in [0.29, 0.717) is 24.3 Å². The Labute approximate surface area is 265 Å². The topological polar surface area (TPSA) is 87.4 Å². The molecule has 9 atom stereocenters. The lowest BCUT2D eigenvalue weighted by atomic mass is 9.33. The van der Waals surface area contributed by atoms with Gasteiger partial charge in [-0.1, -0.05) is 47.1 Å². The molecule has 44 heavy (non-hydrogen) atoms. The zero-order chi connectivity index (χ0) is 31.4. The largest absolute Gasteiger partial charge is 0.481 e. The van der Waals surface area contributed by atoms with Crippen LogP contribution < -0.4 is 9.88 Å². The molecule has 1 heterocycles. The number of carbonyl (C=O) groups is 3. The molecule has 6 rings (SSSR count). The minimum absolute atomic E-state index is 0. The predicted octanol–water partition coefficient (Wildman–Crippen LogP) is 7.13. The Bertz CT molecular complexity index is 1410. The number of allylic oxidation sites excluding steroid dienone is 2. The third-order valence-corrected chi connectivity index (χ3v) is 14.6. The molecule has 1 aromatic rings. The summed E-state index contributed by atoms with van der Waals surface area (Å²) in [4.78, 5) is 40.3. The molecule has 4 fully saturated rings. The van der Waals surface area contributed by atoms with E-state index in [9.17, 15) is 19.5 Å². The van der Waals surface area contributed by atoms with Crippen molar-refractivity contribution < 1.29 is 24.1 Å². The van der Waals surface area contributed by atoms with Crippen LogP contribution in [0.25, 0.3) is 0 Å². The SMILES string of the molecule is C[n+]1cccc(C(=O)N[C@H]2CC[C@]3(C)[C@H]4C(=O)C=C5[C@@H]6C[C@@](C)(C(=O)O)CC[C@]6(C)CC[C@@]5(C)[C@]4(C)CC[C@H]3C2(C)C)c1.[CH3-]. The van der Waals surface area contributed by atoms with E-state index >= 15 is 0 Å². The molecule has 5 aliphatic carbocycles. The first-order valence-corrected chi connectivity index (χ1v) is 16.7. The maximum Gasteiger partial charge on any atom is 0.309 e. The van der Waals surface area contributed by atoms with E-state index in [2.05, 4.69) is 46.9 Å². The quantitative estimate of drug-likeness (QED) is 0.284. The van der Waals surface area contributed by atoms with Crippen molar-refractivity contribution in [2.45, 2.75) is 112 Å². The summed E-state index contributed by atoms with van der Waals surface area (Å²) in [5.41, 5.74) is 0.615. The van der Waals surface area contributed by atoms with Gasteiger partial charge in [0.2, 0.25) is 0 Å². The van der Waals surface area contributed by atoms with Crippen LogP contribution in [0.2, 0.25) is 0 Å². The molecular weight excluding hydrogens is 548 g/mol. The molecule has 1 aromatic heterocycles. The van der Waals surface area contributed by atoms with Gasteiger partial charge in [0.05, 0.1) is 5.41 Å². The van der Waals surface area contributed by atoms with E-state index in [4.69, 9.17) is 0 Å². The van der Waals surface area contributed by atoms with Crippen LogP contribution in [-0.4, -0.2) is 28.8 Å². The number of hydrogen-bond donors (Lipinski definition) is 2. The van der Waals surface area contributed by atoms with E-state index < -0.39 is 11.4 Å². The summed E-state index contributed by atoms with van der Waals surface area (Å²) in [5.74, 6) is -0.0901. The molecule has 6 nitrogen and oxygen atoms in total. The summed E-state index contributed by atoms with van der Waals surface area (Å²) in [6.45, 7) is 16.1. The van der Waals surface area contributed by atoms with Crippen LogP contribution in [0.3, 0.4) is 0 Å². The molecule has 0 spiro atoms. The van der Waals surface area contributed by atoms with Gasteiger partial charge < -0.3 is 17.8 Å². The van der Waals surface area contributed by atoms with Gasteiger partial charge in [0.15, 0.2) is 18.2 Å². The minimum Gasteiger partial charge on any atom is -0.481 e. The Morgan fingerprint density at radius 3 is 2.30 bits per heavy atom. The lowest BCUT2D eigenvalue weighted by Gasteiger charge is -2.70. The number of aromatic nitrogens is 1. The van der Waals surface area contributed by atoms with Gasteiger partial charge in [-0.3, -0.25) is 14.4 Å². The molecule has 0 aliphatic heterocycles. The van der Waals surface area contributed by atoms with Crippen molar-refractivity contribution in [3.63, 3.8) is 0 Å². The zero-order valence-electron chi connectivity index (χ0n) is 28.7. The third-order valence-electron chi connectivity index (χ3n) is 14.6. The molecule has 242 valence electrons. The highest BCUT2D eigenvalue weighted by molar-refractivity contribution is 5.96. The fraction of sp³-hybridized carbons (Fsp3) is 0.711. The molecule has 1 amide bonds. The number of carbonyl (C=O) groups excluding carboxylic acids is 2. The minimum atomic E-state index is -0.738. The van der Waals surface area contributed by atoms with Crippen LogP contribution >= 0.6 is 0 Å². The second-order valence-corrected chi connectivity index (χ2v) is 17.2. The van der Waals surface area contributed by atoms with Crippen LogP contribution in [-0.2, 0) is 16.6 Å². The first-order valence-electron chi connectivity index (χ1n) is 16.7. The van der Waals surface area contributed by atoms with Gasteiger partial charge in [-0.25, -0.2) is 4.57 Å². The van der Waals surface area contributed by atoms with Crippen molar-refractivity contribution in [3.8, 4) is 0 Å². The number of amides is 1. The second-order valence-electron chi connectivity index (χ2n) is 17.2. The number of nitrogens with one attached hydrogen (secondary N) is 1. The number of carboxylic acid groups (broad SMARTS) is 1. The Kier molecular flexibility index (Phi) is 7.66. The summed E-state index contributed by atoms with van der Waals surface area (Å²) in [5, 5.41) is 13.6. The molecule has 6 heteroatoms. The van der Waals surface area contributed by atoms with Gasteiger partial charge in [0, 0.05) is 18.0 Å². The van der Waals surface area contributed by atoms with Gasteiger partial charge in [-0.05, 0) is 116 Å². The fourth-order valence-electron chi connectivity index (χ4n) is 11.6. The van der Waals surface area contributed by atoms with E-state index in [0.717, 1.165) is 44.9 Å². The molecule has 2 N–H and O–H groups in total. The smallest absolute Gasteiger partial charge is 0.309 e. The fourth-order valence-corrected chi connectivity index (χ4v) is 11.6. The van der Waals surface area contributed by atoms with E-state index in [1.54, 1.807) is 0 Å². The van der Waals surface area contributed by atoms with Crippen LogP contribution in [0.1, 0.15) is 117 Å². The van der Waals surface area contributed by atoms with Gasteiger partial charge in [-0.15, -0.1) is 0 Å². The first-order chi connectivity index (χ1) is 19.9. The highest BCUT2D eigenvalue weighted by Crippen LogP contribution is 2.75. The Balaban J connectivity index is 0.00000384. The lowest BCUT2D eigenvalue weighted by Crippen LogP contribution is -2.67. The van der Waals surface area contributed by atoms with Crippen molar-refractivity contribution in [2.75, 3.05) is 0 Å². The maximum absolute atomic E-state index is 14.6. The summed E-state index contributed by atoms with van der Waals surface area (Å²) < 4.78 is 1.90. The lowest BCUT2D eigenvalue weighted by molar-refractivity contribution is -0.671. The number of aliphatic carboxylic acids is 1. The van der Waals surface area contributed by atoms with Crippen molar-refractivity contribution in [1.82, 2.24) is 5.32 Å². The average Bonchev–Trinajstić information content (AvgIpc) is 2.92. The first kappa shape index (κ1) is 32.9. The van der Waals surface area contributed by atoms with E-state index in [1.807, 2.05) is 49.1 Å². The number of carboxylic acids is 1. The second kappa shape index (κ2) is 10.3. The molecule has 0 radical (unpaired) electrons. The molecule has 4 saturated carbocycles. The van der Waals surface area contributed by atoms with Gasteiger partial charge >= 0.3 is 5.97 Å². The van der Waals surface area contributed by atoms with Crippen LogP contribution in [0.4, 0.5) is 0 Å². The molecule has 0 aromatic carbocycles. The summed E-state index contributed by atoms with van der Waals surface area (Å²) in [7, 11) is 1.93. The van der Waals surface area contributed by atoms with Crippen molar-refractivity contribution in [1.29, 1.82) is 0 Å². The number of hydrogen-bond acceptors (Lipinski definition) is 3. The predicted molar refractivity (Wildman–Crippen MR) is 172 cm³/mol. The van der Waals surface area contributed by atoms with Crippen LogP contribution in [0.5, 0.6) is 0 Å². The van der Waals surface area contributed by atoms with E-state index in [-0.39, 0.29) is 64.1 Å².